The third kappa shape index (κ3) is 3.09. The van der Waals surface area contributed by atoms with Gasteiger partial charge in [-0.2, -0.15) is 0 Å². The number of amides is 1. The molecule has 1 fully saturated rings. The van der Waals surface area contributed by atoms with Gasteiger partial charge in [0.2, 0.25) is 0 Å². The lowest BCUT2D eigenvalue weighted by atomic mass is 10.0. The smallest absolute Gasteiger partial charge is 0.406 e. The second kappa shape index (κ2) is 4.98. The molecule has 4 nitrogen and oxygen atoms in total. The van der Waals surface area contributed by atoms with Gasteiger partial charge in [-0.15, -0.1) is 0 Å². The van der Waals surface area contributed by atoms with Gasteiger partial charge in [-0.05, 0) is 25.8 Å². The van der Waals surface area contributed by atoms with Crippen molar-refractivity contribution in [3.63, 3.8) is 0 Å². The minimum absolute atomic E-state index is 0.337. The highest BCUT2D eigenvalue weighted by molar-refractivity contribution is 5.66. The number of ether oxygens (including phenoxy) is 1. The first-order valence-corrected chi connectivity index (χ1v) is 4.38. The third-order valence-corrected chi connectivity index (χ3v) is 2.11. The standard InChI is InChI=1S/C8H16N2O2/c1-12-8(11)10-5-2-3-7-4-6-9-7/h7,9H,2-6H2,1H3,(H,10,11). The second-order valence-electron chi connectivity index (χ2n) is 3.00. The Labute approximate surface area is 72.7 Å². The quantitative estimate of drug-likeness (QED) is 0.606. The summed E-state index contributed by atoms with van der Waals surface area (Å²) >= 11 is 0. The number of hydrogen-bond donors (Lipinski definition) is 2. The largest absolute Gasteiger partial charge is 0.453 e. The maximum absolute atomic E-state index is 10.6. The van der Waals surface area contributed by atoms with Crippen LogP contribution in [0.5, 0.6) is 0 Å². The lowest BCUT2D eigenvalue weighted by Gasteiger charge is -2.27. The number of hydrogen-bond acceptors (Lipinski definition) is 3. The van der Waals surface area contributed by atoms with Crippen LogP contribution in [0.25, 0.3) is 0 Å². The molecule has 12 heavy (non-hydrogen) atoms. The molecule has 1 heterocycles. The van der Waals surface area contributed by atoms with E-state index in [1.165, 1.54) is 13.5 Å². The van der Waals surface area contributed by atoms with E-state index < -0.39 is 0 Å². The zero-order valence-electron chi connectivity index (χ0n) is 7.43. The van der Waals surface area contributed by atoms with Crippen molar-refractivity contribution >= 4 is 6.09 Å². The predicted octanol–water partition coefficient (Wildman–Crippen LogP) is 0.484. The molecule has 0 aliphatic carbocycles. The predicted molar refractivity (Wildman–Crippen MR) is 46.0 cm³/mol. The first-order valence-electron chi connectivity index (χ1n) is 4.38. The highest BCUT2D eigenvalue weighted by atomic mass is 16.5. The number of rotatable bonds is 4. The molecule has 0 aromatic rings. The normalized spacial score (nSPS) is 21.2. The lowest BCUT2D eigenvalue weighted by molar-refractivity contribution is 0.170. The molecule has 0 radical (unpaired) electrons. The van der Waals surface area contributed by atoms with Crippen LogP contribution in [0.15, 0.2) is 0 Å². The molecular weight excluding hydrogens is 156 g/mol. The molecule has 1 amide bonds. The summed E-state index contributed by atoms with van der Waals surface area (Å²) in [6.07, 6.45) is 3.10. The maximum atomic E-state index is 10.6. The van der Waals surface area contributed by atoms with Gasteiger partial charge in [0.1, 0.15) is 0 Å². The van der Waals surface area contributed by atoms with Gasteiger partial charge in [-0.1, -0.05) is 0 Å². The Morgan fingerprint density at radius 2 is 2.50 bits per heavy atom. The summed E-state index contributed by atoms with van der Waals surface area (Å²) in [6, 6.07) is 0.685. The van der Waals surface area contributed by atoms with E-state index in [1.54, 1.807) is 0 Å². The molecule has 2 N–H and O–H groups in total. The van der Waals surface area contributed by atoms with E-state index in [-0.39, 0.29) is 6.09 Å². The Balaban J connectivity index is 1.85. The summed E-state index contributed by atoms with van der Waals surface area (Å²) in [6.45, 7) is 1.86. The molecule has 1 rings (SSSR count). The Bertz CT molecular complexity index is 146. The van der Waals surface area contributed by atoms with Crippen LogP contribution in [0.4, 0.5) is 4.79 Å². The molecule has 4 heteroatoms. The van der Waals surface area contributed by atoms with Crippen molar-refractivity contribution in [1.82, 2.24) is 10.6 Å². The topological polar surface area (TPSA) is 50.4 Å². The third-order valence-electron chi connectivity index (χ3n) is 2.11. The molecule has 0 saturated carbocycles. The summed E-state index contributed by atoms with van der Waals surface area (Å²) in [7, 11) is 1.38. The van der Waals surface area contributed by atoms with Crippen molar-refractivity contribution in [3.8, 4) is 0 Å². The van der Waals surface area contributed by atoms with Gasteiger partial charge >= 0.3 is 6.09 Å². The number of carbonyl (C=O) groups excluding carboxylic acids is 1. The molecule has 1 unspecified atom stereocenters. The van der Waals surface area contributed by atoms with E-state index >= 15 is 0 Å². The highest BCUT2D eigenvalue weighted by Crippen LogP contribution is 2.07. The summed E-state index contributed by atoms with van der Waals surface area (Å²) in [5, 5.41) is 5.95. The number of carbonyl (C=O) groups is 1. The SMILES string of the molecule is COC(=O)NCCCC1CCN1. The van der Waals surface area contributed by atoms with Crippen molar-refractivity contribution in [1.29, 1.82) is 0 Å². The summed E-state index contributed by atoms with van der Waals surface area (Å²) < 4.78 is 4.43. The molecular formula is C8H16N2O2. The first-order chi connectivity index (χ1) is 5.83. The molecule has 0 aromatic heterocycles. The van der Waals surface area contributed by atoms with E-state index in [9.17, 15) is 4.79 Å². The van der Waals surface area contributed by atoms with E-state index in [1.807, 2.05) is 0 Å². The Morgan fingerprint density at radius 3 is 3.00 bits per heavy atom. The molecule has 1 saturated heterocycles. The molecule has 0 aromatic carbocycles. The van der Waals surface area contributed by atoms with Gasteiger partial charge in [0.25, 0.3) is 0 Å². The van der Waals surface area contributed by atoms with Crippen molar-refractivity contribution in [2.45, 2.75) is 25.3 Å². The van der Waals surface area contributed by atoms with Crippen LogP contribution in [0.3, 0.4) is 0 Å². The number of methoxy groups -OCH3 is 1. The zero-order chi connectivity index (χ0) is 8.81. The van der Waals surface area contributed by atoms with Crippen molar-refractivity contribution in [3.05, 3.63) is 0 Å². The van der Waals surface area contributed by atoms with E-state index in [0.29, 0.717) is 12.6 Å². The van der Waals surface area contributed by atoms with Crippen LogP contribution >= 0.6 is 0 Å². The monoisotopic (exact) mass is 172 g/mol. The van der Waals surface area contributed by atoms with Crippen LogP contribution < -0.4 is 10.6 Å². The minimum atomic E-state index is -0.337. The second-order valence-corrected chi connectivity index (χ2v) is 3.00. The van der Waals surface area contributed by atoms with Crippen LogP contribution in [-0.4, -0.2) is 32.3 Å². The highest BCUT2D eigenvalue weighted by Gasteiger charge is 2.14. The van der Waals surface area contributed by atoms with Gasteiger partial charge in [0.15, 0.2) is 0 Å². The average Bonchev–Trinajstić information content (AvgIpc) is 2.00. The van der Waals surface area contributed by atoms with Crippen LogP contribution in [0.2, 0.25) is 0 Å². The fourth-order valence-electron chi connectivity index (χ4n) is 1.21. The van der Waals surface area contributed by atoms with E-state index in [2.05, 4.69) is 15.4 Å². The van der Waals surface area contributed by atoms with Gasteiger partial charge in [0, 0.05) is 12.6 Å². The fourth-order valence-corrected chi connectivity index (χ4v) is 1.21. The van der Waals surface area contributed by atoms with E-state index in [4.69, 9.17) is 0 Å². The summed E-state index contributed by atoms with van der Waals surface area (Å²) in [4.78, 5) is 10.6. The van der Waals surface area contributed by atoms with Crippen LogP contribution in [-0.2, 0) is 4.74 Å². The lowest BCUT2D eigenvalue weighted by Crippen LogP contribution is -2.43. The molecule has 1 atom stereocenters. The maximum Gasteiger partial charge on any atom is 0.406 e. The summed E-state index contributed by atoms with van der Waals surface area (Å²) in [5.74, 6) is 0. The molecule has 0 bridgehead atoms. The van der Waals surface area contributed by atoms with Gasteiger partial charge < -0.3 is 15.4 Å². The molecule has 70 valence electrons. The zero-order valence-corrected chi connectivity index (χ0v) is 7.43. The molecule has 0 spiro atoms. The van der Waals surface area contributed by atoms with Crippen LogP contribution in [0, 0.1) is 0 Å². The van der Waals surface area contributed by atoms with Crippen LogP contribution in [0.1, 0.15) is 19.3 Å². The Kier molecular flexibility index (Phi) is 3.87. The number of nitrogens with one attached hydrogen (secondary N) is 2. The van der Waals surface area contributed by atoms with Crippen molar-refractivity contribution in [2.24, 2.45) is 0 Å². The van der Waals surface area contributed by atoms with Crippen molar-refractivity contribution < 1.29 is 9.53 Å². The fraction of sp³-hybridized carbons (Fsp3) is 0.875. The first kappa shape index (κ1) is 9.32. The average molecular weight is 172 g/mol. The molecule has 1 aliphatic rings. The van der Waals surface area contributed by atoms with Gasteiger partial charge in [0.05, 0.1) is 7.11 Å². The van der Waals surface area contributed by atoms with Gasteiger partial charge in [-0.3, -0.25) is 0 Å². The summed E-state index contributed by atoms with van der Waals surface area (Å²) in [5.41, 5.74) is 0. The number of alkyl carbamates (subject to hydrolysis) is 1. The Morgan fingerprint density at radius 1 is 1.75 bits per heavy atom. The van der Waals surface area contributed by atoms with Crippen molar-refractivity contribution in [2.75, 3.05) is 20.2 Å². The van der Waals surface area contributed by atoms with Gasteiger partial charge in [-0.25, -0.2) is 4.79 Å². The van der Waals surface area contributed by atoms with E-state index in [0.717, 1.165) is 19.4 Å². The minimum Gasteiger partial charge on any atom is -0.453 e. The Hall–Kier alpha value is -0.770. The molecule has 1 aliphatic heterocycles.